The van der Waals surface area contributed by atoms with Crippen LogP contribution >= 0.6 is 11.6 Å². The highest BCUT2D eigenvalue weighted by Crippen LogP contribution is 2.33. The van der Waals surface area contributed by atoms with Crippen molar-refractivity contribution in [2.45, 2.75) is 30.9 Å². The van der Waals surface area contributed by atoms with Gasteiger partial charge >= 0.3 is 0 Å². The van der Waals surface area contributed by atoms with Gasteiger partial charge in [-0.15, -0.1) is 0 Å². The highest BCUT2D eigenvalue weighted by atomic mass is 35.5. The molecule has 25 heavy (non-hydrogen) atoms. The van der Waals surface area contributed by atoms with Gasteiger partial charge in [-0.25, -0.2) is 0 Å². The summed E-state index contributed by atoms with van der Waals surface area (Å²) in [5.74, 6) is 1.55. The van der Waals surface area contributed by atoms with Crippen molar-refractivity contribution in [1.29, 1.82) is 0 Å². The summed E-state index contributed by atoms with van der Waals surface area (Å²) < 4.78 is 16.2. The second-order valence-corrected chi connectivity index (χ2v) is 7.19. The third-order valence-electron chi connectivity index (χ3n) is 4.38. The summed E-state index contributed by atoms with van der Waals surface area (Å²) in [6.45, 7) is 5.84. The number of epoxide rings is 1. The average molecular weight is 363 g/mol. The summed E-state index contributed by atoms with van der Waals surface area (Å²) in [4.78, 5) is 0. The molecule has 2 aromatic carbocycles. The molecule has 2 aromatic rings. The molecule has 3 rings (SSSR count). The minimum atomic E-state index is -0.997. The first kappa shape index (κ1) is 18.1. The molecule has 134 valence electrons. The van der Waals surface area contributed by atoms with Gasteiger partial charge in [0.05, 0.1) is 6.61 Å². The summed E-state index contributed by atoms with van der Waals surface area (Å²) in [5.41, 5.74) is 1.23. The molecule has 1 N–H and O–H groups in total. The molecule has 0 aromatic heterocycles. The zero-order chi connectivity index (χ0) is 17.9. The molecule has 5 heteroatoms. The predicted octanol–water partition coefficient (Wildman–Crippen LogP) is 3.73. The Kier molecular flexibility index (Phi) is 5.52. The topological polar surface area (TPSA) is 51.2 Å². The first-order valence-electron chi connectivity index (χ1n) is 8.35. The van der Waals surface area contributed by atoms with E-state index in [1.807, 2.05) is 36.4 Å². The molecule has 2 atom stereocenters. The first-order chi connectivity index (χ1) is 11.9. The lowest BCUT2D eigenvalue weighted by Gasteiger charge is -2.26. The SMILES string of the molecule is CC(C)(c1ccc(OCC(O)Cl)cc1)c1ccc(OCC2CO2)cc1. The van der Waals surface area contributed by atoms with E-state index >= 15 is 0 Å². The molecule has 1 saturated heterocycles. The number of aliphatic hydroxyl groups is 1. The minimum Gasteiger partial charge on any atom is -0.491 e. The fourth-order valence-electron chi connectivity index (χ4n) is 2.62. The zero-order valence-electron chi connectivity index (χ0n) is 14.4. The number of hydrogen-bond donors (Lipinski definition) is 1. The Morgan fingerprint density at radius 2 is 1.52 bits per heavy atom. The number of ether oxygens (including phenoxy) is 3. The largest absolute Gasteiger partial charge is 0.491 e. The van der Waals surface area contributed by atoms with Crippen molar-refractivity contribution in [3.63, 3.8) is 0 Å². The van der Waals surface area contributed by atoms with Crippen LogP contribution in [0, 0.1) is 0 Å². The number of rotatable bonds is 8. The molecule has 0 spiro atoms. The summed E-state index contributed by atoms with van der Waals surface area (Å²) in [6, 6.07) is 16.0. The van der Waals surface area contributed by atoms with Gasteiger partial charge in [0.25, 0.3) is 0 Å². The van der Waals surface area contributed by atoms with Gasteiger partial charge in [0.15, 0.2) is 5.56 Å². The van der Waals surface area contributed by atoms with Crippen molar-refractivity contribution in [1.82, 2.24) is 0 Å². The molecule has 1 aliphatic rings. The normalized spacial score (nSPS) is 17.8. The van der Waals surface area contributed by atoms with Crippen LogP contribution in [-0.4, -0.2) is 36.6 Å². The first-order valence-corrected chi connectivity index (χ1v) is 8.79. The summed E-state index contributed by atoms with van der Waals surface area (Å²) in [5, 5.41) is 9.06. The fraction of sp³-hybridized carbons (Fsp3) is 0.400. The zero-order valence-corrected chi connectivity index (χ0v) is 15.2. The Labute approximate surface area is 153 Å². The van der Waals surface area contributed by atoms with Crippen LogP contribution in [0.5, 0.6) is 11.5 Å². The van der Waals surface area contributed by atoms with Crippen molar-refractivity contribution < 1.29 is 19.3 Å². The Bertz CT molecular complexity index is 624. The second-order valence-electron chi connectivity index (χ2n) is 6.69. The number of aliphatic hydroxyl groups excluding tert-OH is 1. The Balaban J connectivity index is 1.66. The molecule has 0 saturated carbocycles. The van der Waals surface area contributed by atoms with Gasteiger partial charge < -0.3 is 19.3 Å². The van der Waals surface area contributed by atoms with Gasteiger partial charge in [-0.3, -0.25) is 0 Å². The third-order valence-corrected chi connectivity index (χ3v) is 4.50. The molecule has 2 unspecified atom stereocenters. The Hall–Kier alpha value is -1.75. The summed E-state index contributed by atoms with van der Waals surface area (Å²) >= 11 is 5.48. The van der Waals surface area contributed by atoms with Crippen LogP contribution in [0.3, 0.4) is 0 Å². The number of benzene rings is 2. The van der Waals surface area contributed by atoms with E-state index < -0.39 is 5.56 Å². The molecule has 0 aliphatic carbocycles. The summed E-state index contributed by atoms with van der Waals surface area (Å²) in [6.07, 6.45) is 0.261. The van der Waals surface area contributed by atoms with Crippen LogP contribution in [0.2, 0.25) is 0 Å². The number of hydrogen-bond acceptors (Lipinski definition) is 4. The maximum atomic E-state index is 9.06. The molecule has 0 radical (unpaired) electrons. The molecular weight excluding hydrogens is 340 g/mol. The number of halogens is 1. The monoisotopic (exact) mass is 362 g/mol. The highest BCUT2D eigenvalue weighted by Gasteiger charge is 2.24. The van der Waals surface area contributed by atoms with E-state index in [1.54, 1.807) is 0 Å². The smallest absolute Gasteiger partial charge is 0.161 e. The van der Waals surface area contributed by atoms with E-state index in [1.165, 1.54) is 11.1 Å². The second kappa shape index (κ2) is 7.65. The van der Waals surface area contributed by atoms with E-state index in [-0.39, 0.29) is 18.1 Å². The standard InChI is InChI=1S/C20H23ClO4/c1-20(2,15-5-9-17(10-6-15)25-13-19(21)22)14-3-7-16(8-4-14)23-11-18-12-24-18/h3-10,18-19,22H,11-13H2,1-2H3. The average Bonchev–Trinajstić information content (AvgIpc) is 3.43. The van der Waals surface area contributed by atoms with Crippen molar-refractivity contribution in [2.75, 3.05) is 19.8 Å². The van der Waals surface area contributed by atoms with E-state index in [9.17, 15) is 0 Å². The van der Waals surface area contributed by atoms with Crippen molar-refractivity contribution in [2.24, 2.45) is 0 Å². The van der Waals surface area contributed by atoms with Crippen LogP contribution in [0.15, 0.2) is 48.5 Å². The van der Waals surface area contributed by atoms with Crippen LogP contribution < -0.4 is 9.47 Å². The molecule has 0 amide bonds. The maximum Gasteiger partial charge on any atom is 0.161 e. The van der Waals surface area contributed by atoms with E-state index in [0.717, 1.165) is 12.4 Å². The van der Waals surface area contributed by atoms with Gasteiger partial charge in [0.1, 0.15) is 30.8 Å². The summed E-state index contributed by atoms with van der Waals surface area (Å²) in [7, 11) is 0. The van der Waals surface area contributed by atoms with Gasteiger partial charge in [-0.1, -0.05) is 49.7 Å². The van der Waals surface area contributed by atoms with Gasteiger partial charge in [-0.2, -0.15) is 0 Å². The predicted molar refractivity (Wildman–Crippen MR) is 97.6 cm³/mol. The fourth-order valence-corrected chi connectivity index (χ4v) is 2.68. The lowest BCUT2D eigenvalue weighted by atomic mass is 9.78. The van der Waals surface area contributed by atoms with Crippen molar-refractivity contribution in [3.8, 4) is 11.5 Å². The van der Waals surface area contributed by atoms with E-state index in [0.29, 0.717) is 12.4 Å². The van der Waals surface area contributed by atoms with Crippen LogP contribution in [0.25, 0.3) is 0 Å². The van der Waals surface area contributed by atoms with Crippen LogP contribution in [0.4, 0.5) is 0 Å². The van der Waals surface area contributed by atoms with Gasteiger partial charge in [-0.05, 0) is 35.4 Å². The maximum absolute atomic E-state index is 9.06. The molecule has 1 aliphatic heterocycles. The third kappa shape index (κ3) is 4.88. The van der Waals surface area contributed by atoms with Gasteiger partial charge in [0.2, 0.25) is 0 Å². The van der Waals surface area contributed by atoms with Crippen molar-refractivity contribution in [3.05, 3.63) is 59.7 Å². The molecule has 1 heterocycles. The van der Waals surface area contributed by atoms with Gasteiger partial charge in [0, 0.05) is 5.41 Å². The lowest BCUT2D eigenvalue weighted by Crippen LogP contribution is -2.19. The molecule has 0 bridgehead atoms. The molecule has 1 fully saturated rings. The molecular formula is C20H23ClO4. The van der Waals surface area contributed by atoms with Crippen LogP contribution in [-0.2, 0) is 10.2 Å². The Morgan fingerprint density at radius 1 is 1.04 bits per heavy atom. The lowest BCUT2D eigenvalue weighted by molar-refractivity contribution is 0.169. The highest BCUT2D eigenvalue weighted by molar-refractivity contribution is 6.19. The Morgan fingerprint density at radius 3 is 1.96 bits per heavy atom. The van der Waals surface area contributed by atoms with E-state index in [2.05, 4.69) is 26.0 Å². The molecule has 4 nitrogen and oxygen atoms in total. The minimum absolute atomic E-state index is 0.0671. The van der Waals surface area contributed by atoms with E-state index in [4.69, 9.17) is 30.9 Å². The quantitative estimate of drug-likeness (QED) is 0.574. The van der Waals surface area contributed by atoms with Crippen molar-refractivity contribution >= 4 is 11.6 Å². The number of alkyl halides is 1. The van der Waals surface area contributed by atoms with Crippen LogP contribution in [0.1, 0.15) is 25.0 Å².